The highest BCUT2D eigenvalue weighted by Gasteiger charge is 2.34. The number of fused-ring (bicyclic) bond motifs is 1. The second kappa shape index (κ2) is 9.11. The first-order chi connectivity index (χ1) is 14.0. The van der Waals surface area contributed by atoms with E-state index in [0.717, 1.165) is 4.90 Å². The molecule has 0 spiro atoms. The highest BCUT2D eigenvalue weighted by molar-refractivity contribution is 6.21. The average Bonchev–Trinajstić information content (AvgIpc) is 2.97. The number of methoxy groups -OCH3 is 1. The Morgan fingerprint density at radius 3 is 2.14 bits per heavy atom. The van der Waals surface area contributed by atoms with Gasteiger partial charge in [0.25, 0.3) is 11.8 Å². The molecule has 0 aliphatic carbocycles. The van der Waals surface area contributed by atoms with E-state index in [1.165, 1.54) is 19.2 Å². The molecule has 1 heterocycles. The number of amides is 3. The van der Waals surface area contributed by atoms with Gasteiger partial charge >= 0.3 is 5.97 Å². The van der Waals surface area contributed by atoms with Crippen molar-refractivity contribution in [3.05, 3.63) is 65.2 Å². The molecule has 1 aliphatic heterocycles. The standard InChI is InChI=1S/C21H20N2O6/c1-28-12-13-29-21(27)14-6-8-15(9-7-14)22-18(24)10-11-23-19(25)16-4-2-3-5-17(16)20(23)26/h2-9H,10-13H2,1H3,(H,22,24). The van der Waals surface area contributed by atoms with E-state index >= 15 is 0 Å². The molecule has 2 aromatic carbocycles. The van der Waals surface area contributed by atoms with Crippen LogP contribution in [0.25, 0.3) is 0 Å². The number of hydrogen-bond donors (Lipinski definition) is 1. The third-order valence-electron chi connectivity index (χ3n) is 4.37. The molecule has 150 valence electrons. The van der Waals surface area contributed by atoms with Crippen LogP contribution in [-0.2, 0) is 14.3 Å². The molecule has 1 N–H and O–H groups in total. The Morgan fingerprint density at radius 2 is 1.55 bits per heavy atom. The van der Waals surface area contributed by atoms with Crippen molar-refractivity contribution < 1.29 is 28.7 Å². The highest BCUT2D eigenvalue weighted by Crippen LogP contribution is 2.22. The molecule has 29 heavy (non-hydrogen) atoms. The van der Waals surface area contributed by atoms with Gasteiger partial charge in [-0.1, -0.05) is 12.1 Å². The van der Waals surface area contributed by atoms with Gasteiger partial charge in [0, 0.05) is 25.8 Å². The molecule has 0 radical (unpaired) electrons. The molecule has 1 aliphatic rings. The van der Waals surface area contributed by atoms with E-state index in [0.29, 0.717) is 29.0 Å². The number of ether oxygens (including phenoxy) is 2. The molecule has 0 aromatic heterocycles. The molecule has 0 unspecified atom stereocenters. The summed E-state index contributed by atoms with van der Waals surface area (Å²) in [6, 6.07) is 12.8. The van der Waals surface area contributed by atoms with Gasteiger partial charge in [0.2, 0.25) is 5.91 Å². The molecule has 0 saturated heterocycles. The third kappa shape index (κ3) is 4.67. The van der Waals surface area contributed by atoms with Crippen molar-refractivity contribution in [2.45, 2.75) is 6.42 Å². The molecule has 0 atom stereocenters. The first-order valence-electron chi connectivity index (χ1n) is 9.02. The molecular formula is C21H20N2O6. The van der Waals surface area contributed by atoms with Crippen molar-refractivity contribution in [2.75, 3.05) is 32.2 Å². The van der Waals surface area contributed by atoms with Gasteiger partial charge in [-0.3, -0.25) is 19.3 Å². The lowest BCUT2D eigenvalue weighted by Crippen LogP contribution is -2.32. The Morgan fingerprint density at radius 1 is 0.931 bits per heavy atom. The van der Waals surface area contributed by atoms with Crippen LogP contribution >= 0.6 is 0 Å². The van der Waals surface area contributed by atoms with Gasteiger partial charge in [0.1, 0.15) is 6.61 Å². The third-order valence-corrected chi connectivity index (χ3v) is 4.37. The van der Waals surface area contributed by atoms with Crippen molar-refractivity contribution in [1.82, 2.24) is 4.90 Å². The lowest BCUT2D eigenvalue weighted by Gasteiger charge is -2.13. The summed E-state index contributed by atoms with van der Waals surface area (Å²) in [5.41, 5.74) is 1.55. The summed E-state index contributed by atoms with van der Waals surface area (Å²) in [5, 5.41) is 2.67. The van der Waals surface area contributed by atoms with Gasteiger partial charge in [-0.2, -0.15) is 0 Å². The smallest absolute Gasteiger partial charge is 0.338 e. The zero-order valence-corrected chi connectivity index (χ0v) is 15.8. The van der Waals surface area contributed by atoms with E-state index in [4.69, 9.17) is 9.47 Å². The van der Waals surface area contributed by atoms with E-state index in [9.17, 15) is 19.2 Å². The molecular weight excluding hydrogens is 376 g/mol. The van der Waals surface area contributed by atoms with Crippen molar-refractivity contribution in [3.63, 3.8) is 0 Å². The van der Waals surface area contributed by atoms with Gasteiger partial charge in [-0.15, -0.1) is 0 Å². The van der Waals surface area contributed by atoms with Crippen LogP contribution in [0, 0.1) is 0 Å². The normalized spacial score (nSPS) is 12.7. The van der Waals surface area contributed by atoms with Crippen molar-refractivity contribution in [2.24, 2.45) is 0 Å². The zero-order chi connectivity index (χ0) is 20.8. The predicted molar refractivity (Wildman–Crippen MR) is 104 cm³/mol. The Kier molecular flexibility index (Phi) is 6.36. The largest absolute Gasteiger partial charge is 0.460 e. The average molecular weight is 396 g/mol. The number of imide groups is 1. The van der Waals surface area contributed by atoms with Crippen molar-refractivity contribution in [3.8, 4) is 0 Å². The number of rotatable bonds is 8. The molecule has 2 aromatic rings. The molecule has 0 fully saturated rings. The number of anilines is 1. The topological polar surface area (TPSA) is 102 Å². The summed E-state index contributed by atoms with van der Waals surface area (Å²) in [5.74, 6) is -1.62. The molecule has 8 nitrogen and oxygen atoms in total. The molecule has 8 heteroatoms. The lowest BCUT2D eigenvalue weighted by molar-refractivity contribution is -0.116. The van der Waals surface area contributed by atoms with E-state index in [2.05, 4.69) is 5.32 Å². The molecule has 3 amide bonds. The van der Waals surface area contributed by atoms with Crippen LogP contribution in [0.5, 0.6) is 0 Å². The van der Waals surface area contributed by atoms with Gasteiger partial charge in [-0.05, 0) is 36.4 Å². The Labute approximate surface area is 167 Å². The van der Waals surface area contributed by atoms with E-state index < -0.39 is 17.8 Å². The summed E-state index contributed by atoms with van der Waals surface area (Å²) in [4.78, 5) is 49.7. The van der Waals surface area contributed by atoms with E-state index in [-0.39, 0.29) is 25.5 Å². The summed E-state index contributed by atoms with van der Waals surface area (Å²) < 4.78 is 9.82. The van der Waals surface area contributed by atoms with Crippen LogP contribution in [0.1, 0.15) is 37.5 Å². The van der Waals surface area contributed by atoms with Gasteiger partial charge in [-0.25, -0.2) is 4.79 Å². The maximum Gasteiger partial charge on any atom is 0.338 e. The van der Waals surface area contributed by atoms with Gasteiger partial charge in [0.05, 0.1) is 23.3 Å². The molecule has 0 bridgehead atoms. The van der Waals surface area contributed by atoms with E-state index in [1.807, 2.05) is 0 Å². The lowest BCUT2D eigenvalue weighted by atomic mass is 10.1. The van der Waals surface area contributed by atoms with Crippen LogP contribution in [0.15, 0.2) is 48.5 Å². The number of carbonyl (C=O) groups is 4. The van der Waals surface area contributed by atoms with Crippen LogP contribution in [0.2, 0.25) is 0 Å². The molecule has 0 saturated carbocycles. The number of esters is 1. The van der Waals surface area contributed by atoms with Crippen LogP contribution in [0.4, 0.5) is 5.69 Å². The maximum absolute atomic E-state index is 12.3. The second-order valence-electron chi connectivity index (χ2n) is 6.31. The summed E-state index contributed by atoms with van der Waals surface area (Å²) >= 11 is 0. The van der Waals surface area contributed by atoms with E-state index in [1.54, 1.807) is 36.4 Å². The maximum atomic E-state index is 12.3. The number of hydrogen-bond acceptors (Lipinski definition) is 6. The Hall–Kier alpha value is -3.52. The minimum absolute atomic E-state index is 0.0118. The fourth-order valence-corrected chi connectivity index (χ4v) is 2.87. The van der Waals surface area contributed by atoms with Crippen LogP contribution in [-0.4, -0.2) is 55.5 Å². The first kappa shape index (κ1) is 20.2. The number of carbonyl (C=O) groups excluding carboxylic acids is 4. The SMILES string of the molecule is COCCOC(=O)c1ccc(NC(=O)CCN2C(=O)c3ccccc3C2=O)cc1. The van der Waals surface area contributed by atoms with Gasteiger partial charge < -0.3 is 14.8 Å². The Balaban J connectivity index is 1.51. The fraction of sp³-hybridized carbons (Fsp3) is 0.238. The fourth-order valence-electron chi connectivity index (χ4n) is 2.87. The minimum atomic E-state index is -0.481. The summed E-state index contributed by atoms with van der Waals surface area (Å²) in [6.07, 6.45) is -0.0354. The van der Waals surface area contributed by atoms with Gasteiger partial charge in [0.15, 0.2) is 0 Å². The minimum Gasteiger partial charge on any atom is -0.460 e. The second-order valence-corrected chi connectivity index (χ2v) is 6.31. The van der Waals surface area contributed by atoms with Crippen molar-refractivity contribution in [1.29, 1.82) is 0 Å². The predicted octanol–water partition coefficient (Wildman–Crippen LogP) is 2.11. The summed E-state index contributed by atoms with van der Waals surface area (Å²) in [6.45, 7) is 0.459. The quantitative estimate of drug-likeness (QED) is 0.417. The molecule has 3 rings (SSSR count). The van der Waals surface area contributed by atoms with Crippen LogP contribution in [0.3, 0.4) is 0 Å². The summed E-state index contributed by atoms with van der Waals surface area (Å²) in [7, 11) is 1.51. The van der Waals surface area contributed by atoms with Crippen molar-refractivity contribution >= 4 is 29.4 Å². The highest BCUT2D eigenvalue weighted by atomic mass is 16.6. The van der Waals surface area contributed by atoms with Crippen LogP contribution < -0.4 is 5.32 Å². The number of benzene rings is 2. The Bertz CT molecular complexity index is 903. The first-order valence-corrected chi connectivity index (χ1v) is 9.02. The number of nitrogens with zero attached hydrogens (tertiary/aromatic N) is 1. The monoisotopic (exact) mass is 396 g/mol. The number of nitrogens with one attached hydrogen (secondary N) is 1. The zero-order valence-electron chi connectivity index (χ0n) is 15.8.